The van der Waals surface area contributed by atoms with Crippen molar-refractivity contribution in [3.05, 3.63) is 67.7 Å². The molecule has 0 aromatic heterocycles. The molecule has 2 aromatic rings. The lowest BCUT2D eigenvalue weighted by Gasteiger charge is -2.30. The molecular formula is C16H12Cl2N2O3. The smallest absolute Gasteiger partial charge is 0.270 e. The number of aryl methyl sites for hydroxylation is 1. The highest BCUT2D eigenvalue weighted by molar-refractivity contribution is 6.34. The summed E-state index contributed by atoms with van der Waals surface area (Å²) in [4.78, 5) is 24.8. The van der Waals surface area contributed by atoms with Gasteiger partial charge in [-0.2, -0.15) is 0 Å². The fraction of sp³-hybridized carbons (Fsp3) is 0.188. The average Bonchev–Trinajstić information content (AvgIpc) is 2.53. The number of fused-ring (bicyclic) bond motifs is 1. The van der Waals surface area contributed by atoms with Gasteiger partial charge in [0.1, 0.15) is 0 Å². The number of nitrogens with zero attached hydrogens (tertiary/aromatic N) is 2. The molecule has 0 unspecified atom stereocenters. The van der Waals surface area contributed by atoms with Crippen molar-refractivity contribution in [3.8, 4) is 0 Å². The second-order valence-electron chi connectivity index (χ2n) is 5.25. The number of hydrogen-bond donors (Lipinski definition) is 0. The van der Waals surface area contributed by atoms with E-state index < -0.39 is 4.92 Å². The Hall–Kier alpha value is -2.11. The maximum Gasteiger partial charge on any atom is 0.270 e. The van der Waals surface area contributed by atoms with E-state index in [0.717, 1.165) is 24.1 Å². The summed E-state index contributed by atoms with van der Waals surface area (Å²) >= 11 is 12.1. The summed E-state index contributed by atoms with van der Waals surface area (Å²) in [5, 5.41) is 11.7. The number of halogens is 2. The highest BCUT2D eigenvalue weighted by atomic mass is 35.5. The monoisotopic (exact) mass is 350 g/mol. The van der Waals surface area contributed by atoms with Crippen LogP contribution in [-0.4, -0.2) is 17.4 Å². The molecule has 23 heavy (non-hydrogen) atoms. The standard InChI is InChI=1S/C16H12Cl2N2O3/c17-11-3-6-15-10(8-11)2-1-7-19(15)16(21)13-9-12(20(22)23)4-5-14(13)18/h3-6,8-9H,1-2,7H2. The quantitative estimate of drug-likeness (QED) is 0.591. The lowest BCUT2D eigenvalue weighted by Crippen LogP contribution is -2.35. The van der Waals surface area contributed by atoms with Gasteiger partial charge in [0.15, 0.2) is 0 Å². The van der Waals surface area contributed by atoms with E-state index in [9.17, 15) is 14.9 Å². The van der Waals surface area contributed by atoms with Crippen molar-refractivity contribution in [2.75, 3.05) is 11.4 Å². The molecule has 118 valence electrons. The van der Waals surface area contributed by atoms with Crippen molar-refractivity contribution in [3.63, 3.8) is 0 Å². The van der Waals surface area contributed by atoms with E-state index >= 15 is 0 Å². The van der Waals surface area contributed by atoms with Crippen molar-refractivity contribution in [2.45, 2.75) is 12.8 Å². The molecule has 0 N–H and O–H groups in total. The van der Waals surface area contributed by atoms with Crippen LogP contribution in [0.15, 0.2) is 36.4 Å². The molecule has 0 spiro atoms. The summed E-state index contributed by atoms with van der Waals surface area (Å²) in [5.74, 6) is -0.345. The first-order chi connectivity index (χ1) is 11.0. The molecule has 0 atom stereocenters. The van der Waals surface area contributed by atoms with Crippen LogP contribution in [0.1, 0.15) is 22.3 Å². The summed E-state index contributed by atoms with van der Waals surface area (Å²) in [6.45, 7) is 0.534. The third kappa shape index (κ3) is 3.02. The molecule has 2 aromatic carbocycles. The normalized spacial score (nSPS) is 13.6. The first-order valence-corrected chi connectivity index (χ1v) is 7.77. The van der Waals surface area contributed by atoms with Crippen LogP contribution in [0.5, 0.6) is 0 Å². The maximum absolute atomic E-state index is 12.8. The van der Waals surface area contributed by atoms with Crippen LogP contribution in [0.3, 0.4) is 0 Å². The number of rotatable bonds is 2. The molecule has 1 heterocycles. The van der Waals surface area contributed by atoms with Gasteiger partial charge in [-0.3, -0.25) is 14.9 Å². The summed E-state index contributed by atoms with van der Waals surface area (Å²) in [6, 6.07) is 9.23. The number of benzene rings is 2. The molecule has 7 heteroatoms. The van der Waals surface area contributed by atoms with Gasteiger partial charge < -0.3 is 4.90 Å². The first-order valence-electron chi connectivity index (χ1n) is 7.01. The number of amides is 1. The molecule has 0 saturated heterocycles. The summed E-state index contributed by atoms with van der Waals surface area (Å²) in [7, 11) is 0. The topological polar surface area (TPSA) is 63.4 Å². The second-order valence-corrected chi connectivity index (χ2v) is 6.10. The van der Waals surface area contributed by atoms with Gasteiger partial charge in [0.25, 0.3) is 11.6 Å². The lowest BCUT2D eigenvalue weighted by atomic mass is 10.0. The van der Waals surface area contributed by atoms with Crippen LogP contribution >= 0.6 is 23.2 Å². The third-order valence-electron chi connectivity index (χ3n) is 3.80. The Balaban J connectivity index is 2.02. The van der Waals surface area contributed by atoms with Crippen LogP contribution < -0.4 is 4.90 Å². The Kier molecular flexibility index (Phi) is 4.24. The minimum atomic E-state index is -0.545. The molecule has 0 bridgehead atoms. The predicted octanol–water partition coefficient (Wildman–Crippen LogP) is 4.49. The van der Waals surface area contributed by atoms with E-state index in [4.69, 9.17) is 23.2 Å². The summed E-state index contributed by atoms with van der Waals surface area (Å²) in [5.41, 5.74) is 1.72. The molecule has 1 amide bonds. The Morgan fingerprint density at radius 3 is 2.70 bits per heavy atom. The van der Waals surface area contributed by atoms with Crippen molar-refractivity contribution in [1.82, 2.24) is 0 Å². The van der Waals surface area contributed by atoms with Crippen LogP contribution in [-0.2, 0) is 6.42 Å². The van der Waals surface area contributed by atoms with E-state index in [-0.39, 0.29) is 22.2 Å². The van der Waals surface area contributed by atoms with Crippen LogP contribution in [0.25, 0.3) is 0 Å². The molecule has 0 saturated carbocycles. The Morgan fingerprint density at radius 1 is 1.17 bits per heavy atom. The zero-order valence-electron chi connectivity index (χ0n) is 12.0. The Morgan fingerprint density at radius 2 is 1.96 bits per heavy atom. The fourth-order valence-corrected chi connectivity index (χ4v) is 3.11. The van der Waals surface area contributed by atoms with Crippen molar-refractivity contribution in [1.29, 1.82) is 0 Å². The first kappa shape index (κ1) is 15.8. The number of nitro benzene ring substituents is 1. The zero-order valence-corrected chi connectivity index (χ0v) is 13.5. The summed E-state index contributed by atoms with van der Waals surface area (Å²) in [6.07, 6.45) is 1.63. The SMILES string of the molecule is O=C(c1cc([N+](=O)[O-])ccc1Cl)N1CCCc2cc(Cl)ccc21. The highest BCUT2D eigenvalue weighted by Crippen LogP contribution is 2.32. The molecule has 3 rings (SSSR count). The Labute approximate surface area is 142 Å². The molecule has 0 aliphatic carbocycles. The molecule has 1 aliphatic heterocycles. The van der Waals surface area contributed by atoms with Gasteiger partial charge in [0, 0.05) is 29.4 Å². The third-order valence-corrected chi connectivity index (χ3v) is 4.36. The number of nitro groups is 1. The van der Waals surface area contributed by atoms with Gasteiger partial charge >= 0.3 is 0 Å². The van der Waals surface area contributed by atoms with Crippen LogP contribution in [0.4, 0.5) is 11.4 Å². The predicted molar refractivity (Wildman–Crippen MR) is 89.6 cm³/mol. The second kappa shape index (κ2) is 6.18. The van der Waals surface area contributed by atoms with Gasteiger partial charge in [-0.25, -0.2) is 0 Å². The summed E-state index contributed by atoms with van der Waals surface area (Å²) < 4.78 is 0. The van der Waals surface area contributed by atoms with Gasteiger partial charge in [-0.1, -0.05) is 23.2 Å². The van der Waals surface area contributed by atoms with Crippen LogP contribution in [0, 0.1) is 10.1 Å². The highest BCUT2D eigenvalue weighted by Gasteiger charge is 2.26. The fourth-order valence-electron chi connectivity index (χ4n) is 2.71. The molecular weight excluding hydrogens is 339 g/mol. The van der Waals surface area contributed by atoms with E-state index in [1.165, 1.54) is 18.2 Å². The zero-order chi connectivity index (χ0) is 16.6. The maximum atomic E-state index is 12.8. The minimum absolute atomic E-state index is 0.128. The van der Waals surface area contributed by atoms with Crippen molar-refractivity contribution in [2.24, 2.45) is 0 Å². The van der Waals surface area contributed by atoms with Gasteiger partial charge in [-0.15, -0.1) is 0 Å². The molecule has 1 aliphatic rings. The Bertz CT molecular complexity index is 808. The van der Waals surface area contributed by atoms with Crippen LogP contribution in [0.2, 0.25) is 10.0 Å². The van der Waals surface area contributed by atoms with E-state index in [1.54, 1.807) is 17.0 Å². The van der Waals surface area contributed by atoms with Gasteiger partial charge in [0.05, 0.1) is 15.5 Å². The van der Waals surface area contributed by atoms with E-state index in [0.29, 0.717) is 11.6 Å². The number of carbonyl (C=O) groups excluding carboxylic acids is 1. The number of carbonyl (C=O) groups is 1. The van der Waals surface area contributed by atoms with E-state index in [1.807, 2.05) is 6.07 Å². The van der Waals surface area contributed by atoms with E-state index in [2.05, 4.69) is 0 Å². The lowest BCUT2D eigenvalue weighted by molar-refractivity contribution is -0.384. The molecule has 0 radical (unpaired) electrons. The molecule has 0 fully saturated rings. The minimum Gasteiger partial charge on any atom is -0.308 e. The van der Waals surface area contributed by atoms with Gasteiger partial charge in [-0.05, 0) is 42.7 Å². The molecule has 5 nitrogen and oxygen atoms in total. The average molecular weight is 351 g/mol. The number of hydrogen-bond acceptors (Lipinski definition) is 3. The largest absolute Gasteiger partial charge is 0.308 e. The van der Waals surface area contributed by atoms with Crippen molar-refractivity contribution < 1.29 is 9.72 Å². The number of anilines is 1. The number of non-ortho nitro benzene ring substituents is 1. The van der Waals surface area contributed by atoms with Gasteiger partial charge in [0.2, 0.25) is 0 Å². The van der Waals surface area contributed by atoms with Crippen molar-refractivity contribution >= 4 is 40.5 Å².